The van der Waals surface area contributed by atoms with E-state index in [4.69, 9.17) is 37.0 Å². The number of esters is 4. The van der Waals surface area contributed by atoms with Gasteiger partial charge in [-0.3, -0.25) is 37.3 Å². The lowest BCUT2D eigenvalue weighted by molar-refractivity contribution is -0.161. The highest BCUT2D eigenvalue weighted by molar-refractivity contribution is 7.47. The molecule has 2 unspecified atom stereocenters. The first kappa shape index (κ1) is 92.1. The predicted octanol–water partition coefficient (Wildman–Crippen LogP) is 21.9. The highest BCUT2D eigenvalue weighted by atomic mass is 31.2. The lowest BCUT2D eigenvalue weighted by atomic mass is 10.0. The maximum Gasteiger partial charge on any atom is 0.472 e. The molecule has 0 heterocycles. The van der Waals surface area contributed by atoms with Gasteiger partial charge >= 0.3 is 39.5 Å². The second-order valence-corrected chi connectivity index (χ2v) is 30.9. The van der Waals surface area contributed by atoms with E-state index < -0.39 is 97.5 Å². The Morgan fingerprint density at radius 2 is 0.489 bits per heavy atom. The monoisotopic (exact) mass is 1380 g/mol. The first-order valence-electron chi connectivity index (χ1n) is 39.0. The first-order chi connectivity index (χ1) is 45.4. The molecule has 0 aliphatic carbocycles. The van der Waals surface area contributed by atoms with E-state index in [0.29, 0.717) is 31.6 Å². The molecular formula is C75H146O17P2. The number of phosphoric ester groups is 2. The summed E-state index contributed by atoms with van der Waals surface area (Å²) in [5.74, 6) is -0.636. The Hall–Kier alpha value is -1.94. The van der Waals surface area contributed by atoms with E-state index in [2.05, 4.69) is 41.5 Å². The molecule has 0 aliphatic rings. The SMILES string of the molecule is CCCCCCCCCCCCCCCCCCCC(=O)OC[C@H](COP(=O)(O)OC[C@@H](O)COP(=O)(O)OC[C@@H](COC(=O)CCCCCCCCC(C)C)OC(=O)CCCCCCCCCCCC)OC(=O)CCCCCCCCCCCCCCCCCC(C)C. The second kappa shape index (κ2) is 66.9. The van der Waals surface area contributed by atoms with Crippen LogP contribution in [0.4, 0.5) is 0 Å². The summed E-state index contributed by atoms with van der Waals surface area (Å²) in [6.07, 6.45) is 54.3. The summed E-state index contributed by atoms with van der Waals surface area (Å²) in [6, 6.07) is 0. The van der Waals surface area contributed by atoms with Gasteiger partial charge in [0.05, 0.1) is 26.4 Å². The number of aliphatic hydroxyl groups excluding tert-OH is 1. The summed E-state index contributed by atoms with van der Waals surface area (Å²) in [6.45, 7) is 9.52. The third kappa shape index (κ3) is 68.6. The Morgan fingerprint density at radius 3 is 0.723 bits per heavy atom. The van der Waals surface area contributed by atoms with Crippen molar-refractivity contribution in [2.75, 3.05) is 39.6 Å². The summed E-state index contributed by atoms with van der Waals surface area (Å²) in [7, 11) is -9.91. The third-order valence-electron chi connectivity index (χ3n) is 17.5. The zero-order chi connectivity index (χ0) is 69.3. The topological polar surface area (TPSA) is 237 Å². The van der Waals surface area contributed by atoms with Crippen molar-refractivity contribution >= 4 is 39.5 Å². The molecular weight excluding hydrogens is 1230 g/mol. The molecule has 94 heavy (non-hydrogen) atoms. The number of phosphoric acid groups is 2. The van der Waals surface area contributed by atoms with Crippen molar-refractivity contribution in [3.05, 3.63) is 0 Å². The van der Waals surface area contributed by atoms with Crippen molar-refractivity contribution in [1.82, 2.24) is 0 Å². The van der Waals surface area contributed by atoms with E-state index in [9.17, 15) is 43.2 Å². The maximum atomic E-state index is 13.1. The van der Waals surface area contributed by atoms with Gasteiger partial charge in [-0.25, -0.2) is 9.13 Å². The third-order valence-corrected chi connectivity index (χ3v) is 19.4. The smallest absolute Gasteiger partial charge is 0.462 e. The molecule has 0 radical (unpaired) electrons. The van der Waals surface area contributed by atoms with Crippen LogP contribution < -0.4 is 0 Å². The fourth-order valence-electron chi connectivity index (χ4n) is 11.5. The molecule has 0 spiro atoms. The first-order valence-corrected chi connectivity index (χ1v) is 42.0. The summed E-state index contributed by atoms with van der Waals surface area (Å²) < 4.78 is 68.4. The number of unbranched alkanes of at least 4 members (excludes halogenated alkanes) is 44. The molecule has 0 amide bonds. The molecule has 0 aromatic heterocycles. The van der Waals surface area contributed by atoms with Gasteiger partial charge in [-0.2, -0.15) is 0 Å². The highest BCUT2D eigenvalue weighted by Crippen LogP contribution is 2.45. The van der Waals surface area contributed by atoms with Crippen LogP contribution in [0.3, 0.4) is 0 Å². The van der Waals surface area contributed by atoms with Gasteiger partial charge < -0.3 is 33.8 Å². The van der Waals surface area contributed by atoms with E-state index in [0.717, 1.165) is 102 Å². The van der Waals surface area contributed by atoms with Gasteiger partial charge in [0.1, 0.15) is 19.3 Å². The van der Waals surface area contributed by atoms with Crippen molar-refractivity contribution in [3.63, 3.8) is 0 Å². The molecule has 0 fully saturated rings. The summed E-state index contributed by atoms with van der Waals surface area (Å²) in [4.78, 5) is 72.7. The van der Waals surface area contributed by atoms with Crippen molar-refractivity contribution in [3.8, 4) is 0 Å². The van der Waals surface area contributed by atoms with Gasteiger partial charge in [-0.1, -0.05) is 337 Å². The van der Waals surface area contributed by atoms with E-state index in [1.165, 1.54) is 199 Å². The number of ether oxygens (including phenoxy) is 4. The van der Waals surface area contributed by atoms with Gasteiger partial charge in [-0.15, -0.1) is 0 Å². The second-order valence-electron chi connectivity index (χ2n) is 28.0. The molecule has 17 nitrogen and oxygen atoms in total. The van der Waals surface area contributed by atoms with Crippen LogP contribution in [0.25, 0.3) is 0 Å². The van der Waals surface area contributed by atoms with Crippen LogP contribution >= 0.6 is 15.6 Å². The standard InChI is InChI=1S/C75H146O17P2/c1-7-9-11-13-15-17-19-20-21-22-25-28-31-35-38-45-51-57-72(77)85-63-70(91-75(80)60-54-48-40-36-32-29-26-23-24-27-30-33-37-43-49-55-67(3)4)65-89-93(81,82)87-61-69(76)62-88-94(83,84)90-66-71(64-86-73(78)58-52-46-42-41-44-50-56-68(5)6)92-74(79)59-53-47-39-34-18-16-14-12-10-8-2/h67-71,76H,7-66H2,1-6H3,(H,81,82)(H,83,84)/t69-,70-,71-/m1/s1. The average Bonchev–Trinajstić information content (AvgIpc) is 3.02. The van der Waals surface area contributed by atoms with E-state index in [1.807, 2.05) is 0 Å². The fraction of sp³-hybridized carbons (Fsp3) is 0.947. The van der Waals surface area contributed by atoms with E-state index in [1.54, 1.807) is 0 Å². The van der Waals surface area contributed by atoms with E-state index in [-0.39, 0.29) is 25.7 Å². The van der Waals surface area contributed by atoms with Gasteiger partial charge in [-0.05, 0) is 37.5 Å². The van der Waals surface area contributed by atoms with Gasteiger partial charge in [0.25, 0.3) is 0 Å². The minimum atomic E-state index is -4.96. The number of rotatable bonds is 74. The molecule has 0 aromatic carbocycles. The minimum absolute atomic E-state index is 0.105. The molecule has 3 N–H and O–H groups in total. The van der Waals surface area contributed by atoms with E-state index >= 15 is 0 Å². The van der Waals surface area contributed by atoms with Crippen molar-refractivity contribution < 1.29 is 80.2 Å². The Morgan fingerprint density at radius 1 is 0.287 bits per heavy atom. The Balaban J connectivity index is 5.21. The zero-order valence-electron chi connectivity index (χ0n) is 61.3. The Labute approximate surface area is 575 Å². The zero-order valence-corrected chi connectivity index (χ0v) is 63.1. The molecule has 0 bridgehead atoms. The minimum Gasteiger partial charge on any atom is -0.462 e. The normalized spacial score (nSPS) is 14.0. The van der Waals surface area contributed by atoms with Crippen LogP contribution in [0, 0.1) is 11.8 Å². The molecule has 0 rings (SSSR count). The predicted molar refractivity (Wildman–Crippen MR) is 381 cm³/mol. The average molecular weight is 1380 g/mol. The van der Waals surface area contributed by atoms with Gasteiger partial charge in [0, 0.05) is 25.7 Å². The van der Waals surface area contributed by atoms with Crippen molar-refractivity contribution in [2.24, 2.45) is 11.8 Å². The van der Waals surface area contributed by atoms with Crippen LogP contribution in [-0.4, -0.2) is 96.7 Å². The summed E-state index contributed by atoms with van der Waals surface area (Å²) >= 11 is 0. The molecule has 0 aliphatic heterocycles. The number of hydrogen-bond donors (Lipinski definition) is 3. The number of hydrogen-bond acceptors (Lipinski definition) is 15. The molecule has 0 saturated heterocycles. The lowest BCUT2D eigenvalue weighted by Crippen LogP contribution is -2.30. The fourth-order valence-corrected chi connectivity index (χ4v) is 13.1. The molecule has 5 atom stereocenters. The van der Waals surface area contributed by atoms with Gasteiger partial charge in [0.2, 0.25) is 0 Å². The molecule has 558 valence electrons. The quantitative estimate of drug-likeness (QED) is 0.0222. The van der Waals surface area contributed by atoms with Crippen molar-refractivity contribution in [2.45, 2.75) is 407 Å². The number of carbonyl (C=O) groups excluding carboxylic acids is 4. The molecule has 0 aromatic rings. The molecule has 0 saturated carbocycles. The van der Waals surface area contributed by atoms with Crippen molar-refractivity contribution in [1.29, 1.82) is 0 Å². The highest BCUT2D eigenvalue weighted by Gasteiger charge is 2.30. The van der Waals surface area contributed by atoms with Crippen LogP contribution in [0.2, 0.25) is 0 Å². The maximum absolute atomic E-state index is 13.1. The molecule has 19 heteroatoms. The van der Waals surface area contributed by atoms with Crippen LogP contribution in [-0.2, 0) is 65.4 Å². The summed E-state index contributed by atoms with van der Waals surface area (Å²) in [5, 5.41) is 10.6. The lowest BCUT2D eigenvalue weighted by Gasteiger charge is -2.21. The number of aliphatic hydroxyl groups is 1. The number of carbonyl (C=O) groups is 4. The summed E-state index contributed by atoms with van der Waals surface area (Å²) in [5.41, 5.74) is 0. The largest absolute Gasteiger partial charge is 0.472 e. The van der Waals surface area contributed by atoms with Crippen LogP contribution in [0.15, 0.2) is 0 Å². The Kier molecular flexibility index (Phi) is 65.5. The van der Waals surface area contributed by atoms with Crippen LogP contribution in [0.1, 0.15) is 388 Å². The van der Waals surface area contributed by atoms with Crippen LogP contribution in [0.5, 0.6) is 0 Å². The Bertz CT molecular complexity index is 1820. The van der Waals surface area contributed by atoms with Gasteiger partial charge in [0.15, 0.2) is 12.2 Å².